The number of hydrogen-bond donors (Lipinski definition) is 4. The summed E-state index contributed by atoms with van der Waals surface area (Å²) in [5.41, 5.74) is 7.36. The summed E-state index contributed by atoms with van der Waals surface area (Å²) in [5.74, 6) is -0.0828. The van der Waals surface area contributed by atoms with Gasteiger partial charge in [0.05, 0.1) is 13.2 Å². The van der Waals surface area contributed by atoms with E-state index in [0.29, 0.717) is 12.5 Å². The van der Waals surface area contributed by atoms with Crippen LogP contribution >= 0.6 is 12.4 Å². The average molecular weight is 383 g/mol. The Morgan fingerprint density at radius 3 is 2.77 bits per heavy atom. The number of halogens is 1. The first-order valence-corrected chi connectivity index (χ1v) is 8.83. The summed E-state index contributed by atoms with van der Waals surface area (Å²) >= 11 is 0. The molecule has 0 bridgehead atoms. The summed E-state index contributed by atoms with van der Waals surface area (Å²) < 4.78 is 4.73. The summed E-state index contributed by atoms with van der Waals surface area (Å²) in [6, 6.07) is 9.56. The lowest BCUT2D eigenvalue weighted by Crippen LogP contribution is -2.50. The number of piperidine rings is 1. The molecule has 1 aromatic carbocycles. The molecular weight excluding hydrogens is 356 g/mol. The highest BCUT2D eigenvalue weighted by molar-refractivity contribution is 5.85. The fourth-order valence-electron chi connectivity index (χ4n) is 3.61. The van der Waals surface area contributed by atoms with E-state index in [4.69, 9.17) is 4.74 Å². The van der Waals surface area contributed by atoms with Gasteiger partial charge in [0.2, 0.25) is 5.91 Å². The van der Waals surface area contributed by atoms with Crippen molar-refractivity contribution in [2.75, 3.05) is 20.2 Å². The maximum Gasteiger partial charge on any atom is 0.305 e. The standard InChI is InChI=1S/C18H26N4O3.ClH/c1-25-16(23)8-7-14(12-5-3-2-4-6-12)20-18(24)17-13-11-19-10-9-15(13)21-22-17;/h2-6,13-15,17,19,21-22H,7-11H2,1H3,(H,20,24);1H. The minimum atomic E-state index is -0.276. The van der Waals surface area contributed by atoms with Crippen LogP contribution in [0.1, 0.15) is 30.9 Å². The zero-order valence-electron chi connectivity index (χ0n) is 14.9. The Hall–Kier alpha value is -1.67. The molecule has 2 saturated heterocycles. The molecule has 1 aromatic rings. The number of benzene rings is 1. The summed E-state index contributed by atoms with van der Waals surface area (Å²) in [7, 11) is 1.38. The molecule has 2 aliphatic heterocycles. The van der Waals surface area contributed by atoms with Crippen molar-refractivity contribution in [2.45, 2.75) is 37.4 Å². The van der Waals surface area contributed by atoms with E-state index < -0.39 is 0 Å². The van der Waals surface area contributed by atoms with Crippen LogP contribution in [-0.2, 0) is 14.3 Å². The van der Waals surface area contributed by atoms with Crippen molar-refractivity contribution in [1.29, 1.82) is 0 Å². The highest BCUT2D eigenvalue weighted by Crippen LogP contribution is 2.23. The number of nitrogens with one attached hydrogen (secondary N) is 4. The lowest BCUT2D eigenvalue weighted by Gasteiger charge is -2.28. The Morgan fingerprint density at radius 1 is 1.27 bits per heavy atom. The Morgan fingerprint density at radius 2 is 2.04 bits per heavy atom. The molecule has 2 fully saturated rings. The Labute approximate surface area is 160 Å². The van der Waals surface area contributed by atoms with Crippen molar-refractivity contribution in [3.8, 4) is 0 Å². The molecule has 0 aromatic heterocycles. The van der Waals surface area contributed by atoms with Crippen LogP contribution in [0.15, 0.2) is 30.3 Å². The number of hydrazine groups is 1. The third kappa shape index (κ3) is 4.94. The number of carbonyl (C=O) groups excluding carboxylic acids is 2. The highest BCUT2D eigenvalue weighted by atomic mass is 35.5. The maximum absolute atomic E-state index is 12.8. The van der Waals surface area contributed by atoms with E-state index in [1.807, 2.05) is 30.3 Å². The van der Waals surface area contributed by atoms with Gasteiger partial charge in [0.25, 0.3) is 0 Å². The SMILES string of the molecule is COC(=O)CCC(NC(=O)C1NNC2CCNCC21)c1ccccc1.Cl. The fraction of sp³-hybridized carbons (Fsp3) is 0.556. The molecule has 0 saturated carbocycles. The zero-order valence-corrected chi connectivity index (χ0v) is 15.7. The second-order valence-corrected chi connectivity index (χ2v) is 6.62. The number of esters is 1. The largest absolute Gasteiger partial charge is 0.469 e. The third-order valence-electron chi connectivity index (χ3n) is 5.05. The lowest BCUT2D eigenvalue weighted by atomic mass is 9.88. The number of fused-ring (bicyclic) bond motifs is 1. The smallest absolute Gasteiger partial charge is 0.305 e. The van der Waals surface area contributed by atoms with Gasteiger partial charge < -0.3 is 15.4 Å². The van der Waals surface area contributed by atoms with Gasteiger partial charge in [-0.1, -0.05) is 30.3 Å². The van der Waals surface area contributed by atoms with Crippen molar-refractivity contribution in [3.63, 3.8) is 0 Å². The molecule has 0 spiro atoms. The van der Waals surface area contributed by atoms with E-state index in [0.717, 1.165) is 25.1 Å². The Bertz CT molecular complexity index is 601. The molecule has 4 unspecified atom stereocenters. The average Bonchev–Trinajstić information content (AvgIpc) is 3.09. The van der Waals surface area contributed by atoms with E-state index in [9.17, 15) is 9.59 Å². The number of ether oxygens (including phenoxy) is 1. The van der Waals surface area contributed by atoms with Crippen molar-refractivity contribution in [3.05, 3.63) is 35.9 Å². The van der Waals surface area contributed by atoms with E-state index in [-0.39, 0.29) is 48.7 Å². The van der Waals surface area contributed by atoms with Gasteiger partial charge in [-0.2, -0.15) is 0 Å². The summed E-state index contributed by atoms with van der Waals surface area (Å²) in [5, 5.41) is 6.46. The zero-order chi connectivity index (χ0) is 17.6. The number of carbonyl (C=O) groups is 2. The first-order chi connectivity index (χ1) is 12.2. The Kier molecular flexibility index (Phi) is 7.84. The van der Waals surface area contributed by atoms with Gasteiger partial charge in [-0.25, -0.2) is 5.43 Å². The number of methoxy groups -OCH3 is 1. The van der Waals surface area contributed by atoms with Gasteiger partial charge in [0.15, 0.2) is 0 Å². The van der Waals surface area contributed by atoms with Crippen molar-refractivity contribution < 1.29 is 14.3 Å². The molecule has 7 nitrogen and oxygen atoms in total. The molecule has 4 N–H and O–H groups in total. The van der Waals surface area contributed by atoms with Gasteiger partial charge in [0, 0.05) is 24.9 Å². The molecule has 0 aliphatic carbocycles. The van der Waals surface area contributed by atoms with E-state index in [2.05, 4.69) is 21.5 Å². The van der Waals surface area contributed by atoms with Crippen LogP contribution in [0.5, 0.6) is 0 Å². The second-order valence-electron chi connectivity index (χ2n) is 6.62. The van der Waals surface area contributed by atoms with Crippen molar-refractivity contribution in [2.24, 2.45) is 5.92 Å². The lowest BCUT2D eigenvalue weighted by molar-refractivity contribution is -0.141. The van der Waals surface area contributed by atoms with Crippen molar-refractivity contribution in [1.82, 2.24) is 21.5 Å². The van der Waals surface area contributed by atoms with Crippen LogP contribution in [0.25, 0.3) is 0 Å². The highest BCUT2D eigenvalue weighted by Gasteiger charge is 2.41. The van der Waals surface area contributed by atoms with Crippen LogP contribution < -0.4 is 21.5 Å². The van der Waals surface area contributed by atoms with Gasteiger partial charge >= 0.3 is 5.97 Å². The van der Waals surface area contributed by atoms with Crippen LogP contribution in [-0.4, -0.2) is 44.2 Å². The van der Waals surface area contributed by atoms with E-state index >= 15 is 0 Å². The Balaban J connectivity index is 0.00000243. The van der Waals surface area contributed by atoms with Crippen LogP contribution in [0.4, 0.5) is 0 Å². The monoisotopic (exact) mass is 382 g/mol. The maximum atomic E-state index is 12.8. The van der Waals surface area contributed by atoms with Gasteiger partial charge in [0.1, 0.15) is 6.04 Å². The topological polar surface area (TPSA) is 91.5 Å². The molecule has 2 aliphatic rings. The molecule has 144 valence electrons. The first kappa shape index (κ1) is 20.6. The number of hydrogen-bond acceptors (Lipinski definition) is 6. The van der Waals surface area contributed by atoms with Crippen molar-refractivity contribution >= 4 is 24.3 Å². The van der Waals surface area contributed by atoms with E-state index in [1.165, 1.54) is 7.11 Å². The predicted molar refractivity (Wildman–Crippen MR) is 101 cm³/mol. The molecule has 8 heteroatoms. The summed E-state index contributed by atoms with van der Waals surface area (Å²) in [4.78, 5) is 24.4. The number of rotatable bonds is 6. The molecule has 26 heavy (non-hydrogen) atoms. The van der Waals surface area contributed by atoms with Gasteiger partial charge in [-0.15, -0.1) is 12.4 Å². The normalized spacial score (nSPS) is 25.5. The molecule has 3 rings (SSSR count). The predicted octanol–water partition coefficient (Wildman–Crippen LogP) is 0.673. The second kappa shape index (κ2) is 9.87. The summed E-state index contributed by atoms with van der Waals surface area (Å²) in [6.07, 6.45) is 1.78. The fourth-order valence-corrected chi connectivity index (χ4v) is 3.61. The van der Waals surface area contributed by atoms with Gasteiger partial charge in [-0.05, 0) is 24.9 Å². The molecule has 1 amide bonds. The summed E-state index contributed by atoms with van der Waals surface area (Å²) in [6.45, 7) is 1.79. The number of amides is 1. The van der Waals surface area contributed by atoms with E-state index in [1.54, 1.807) is 0 Å². The van der Waals surface area contributed by atoms with Gasteiger partial charge in [-0.3, -0.25) is 15.0 Å². The van der Waals surface area contributed by atoms with Crippen LogP contribution in [0.2, 0.25) is 0 Å². The minimum absolute atomic E-state index is 0. The molecule has 0 radical (unpaired) electrons. The van der Waals surface area contributed by atoms with Crippen LogP contribution in [0, 0.1) is 5.92 Å². The third-order valence-corrected chi connectivity index (χ3v) is 5.05. The first-order valence-electron chi connectivity index (χ1n) is 8.83. The minimum Gasteiger partial charge on any atom is -0.469 e. The molecule has 2 heterocycles. The molecule has 4 atom stereocenters. The quantitative estimate of drug-likeness (QED) is 0.541. The molecular formula is C18H27ClN4O3. The van der Waals surface area contributed by atoms with Crippen LogP contribution in [0.3, 0.4) is 0 Å².